The summed E-state index contributed by atoms with van der Waals surface area (Å²) < 4.78 is 5.77. The van der Waals surface area contributed by atoms with Gasteiger partial charge < -0.3 is 20.1 Å². The molecule has 1 fully saturated rings. The number of hydrogen-bond acceptors (Lipinski definition) is 6. The maximum Gasteiger partial charge on any atom is 0.300 e. The molecule has 1 aliphatic rings. The number of aromatic hydroxyl groups is 2. The van der Waals surface area contributed by atoms with Crippen molar-refractivity contribution in [3.05, 3.63) is 89.0 Å². The van der Waals surface area contributed by atoms with E-state index in [0.29, 0.717) is 23.5 Å². The van der Waals surface area contributed by atoms with Crippen LogP contribution in [0.4, 0.5) is 5.69 Å². The summed E-state index contributed by atoms with van der Waals surface area (Å²) >= 11 is 0. The molecule has 7 nitrogen and oxygen atoms in total. The first-order valence-electron chi connectivity index (χ1n) is 11.7. The first-order chi connectivity index (χ1) is 17.0. The lowest BCUT2D eigenvalue weighted by molar-refractivity contribution is -0.132. The number of Topliss-reactive ketones (excluding diaryl/α,β-unsaturated/α-hetero) is 1. The lowest BCUT2D eigenvalue weighted by Gasteiger charge is -2.26. The van der Waals surface area contributed by atoms with Crippen LogP contribution >= 0.6 is 0 Å². The van der Waals surface area contributed by atoms with Crippen molar-refractivity contribution in [3.8, 4) is 17.2 Å². The third-order valence-electron chi connectivity index (χ3n) is 6.16. The third kappa shape index (κ3) is 4.40. The van der Waals surface area contributed by atoms with Crippen LogP contribution in [0.2, 0.25) is 0 Å². The number of rotatable bonds is 5. The number of hydrogen-bond donors (Lipinski definition) is 3. The fourth-order valence-electron chi connectivity index (χ4n) is 4.42. The number of carbonyl (C=O) groups is 2. The van der Waals surface area contributed by atoms with Crippen LogP contribution in [0, 0.1) is 0 Å². The fourth-order valence-corrected chi connectivity index (χ4v) is 4.42. The van der Waals surface area contributed by atoms with E-state index in [1.54, 1.807) is 42.5 Å². The van der Waals surface area contributed by atoms with Crippen LogP contribution in [0.1, 0.15) is 50.4 Å². The minimum Gasteiger partial charge on any atom is -0.508 e. The predicted octanol–water partition coefficient (Wildman–Crippen LogP) is 5.42. The number of carbonyl (C=O) groups excluding carboxylic acids is 2. The standard InChI is InChI=1S/C29H29NO6/c1-5-36-23-15-12-18(16-20(23)29(2,3)4)26(33)24-25(17-10-13-19(31)14-11-17)30(28(35)27(24)34)21-8-6-7-9-22(21)32/h6-16,25,31-33H,5H2,1-4H3/b26-24-. The van der Waals surface area contributed by atoms with Crippen LogP contribution in [-0.4, -0.2) is 33.6 Å². The minimum absolute atomic E-state index is 0.0135. The molecule has 4 rings (SSSR count). The Morgan fingerprint density at radius 1 is 0.972 bits per heavy atom. The van der Waals surface area contributed by atoms with Gasteiger partial charge in [0.15, 0.2) is 0 Å². The summed E-state index contributed by atoms with van der Waals surface area (Å²) in [6.45, 7) is 8.41. The summed E-state index contributed by atoms with van der Waals surface area (Å²) in [7, 11) is 0. The van der Waals surface area contributed by atoms with Crippen LogP contribution in [0.15, 0.2) is 72.3 Å². The second kappa shape index (κ2) is 9.41. The normalized spacial score (nSPS) is 17.4. The van der Waals surface area contributed by atoms with Crippen molar-refractivity contribution in [2.75, 3.05) is 11.5 Å². The highest BCUT2D eigenvalue weighted by Crippen LogP contribution is 2.45. The number of phenols is 2. The summed E-state index contributed by atoms with van der Waals surface area (Å²) in [5.74, 6) is -1.58. The highest BCUT2D eigenvalue weighted by atomic mass is 16.5. The molecule has 1 atom stereocenters. The second-order valence-electron chi connectivity index (χ2n) is 9.64. The van der Waals surface area contributed by atoms with E-state index in [9.17, 15) is 24.9 Å². The van der Waals surface area contributed by atoms with E-state index in [1.807, 2.05) is 27.7 Å². The Hall–Kier alpha value is -4.26. The van der Waals surface area contributed by atoms with Crippen molar-refractivity contribution >= 4 is 23.1 Å². The Balaban J connectivity index is 1.96. The number of amides is 1. The zero-order valence-electron chi connectivity index (χ0n) is 20.6. The molecule has 0 bridgehead atoms. The molecule has 7 heteroatoms. The Kier molecular flexibility index (Phi) is 6.50. The van der Waals surface area contributed by atoms with Gasteiger partial charge in [-0.05, 0) is 60.4 Å². The molecular formula is C29H29NO6. The van der Waals surface area contributed by atoms with Gasteiger partial charge >= 0.3 is 0 Å². The van der Waals surface area contributed by atoms with Crippen LogP contribution in [-0.2, 0) is 15.0 Å². The fraction of sp³-hybridized carbons (Fsp3) is 0.241. The van der Waals surface area contributed by atoms with Crippen LogP contribution in [0.5, 0.6) is 17.2 Å². The summed E-state index contributed by atoms with van der Waals surface area (Å²) in [5.41, 5.74) is 1.39. The molecule has 1 saturated heterocycles. The first kappa shape index (κ1) is 24.9. The maximum absolute atomic E-state index is 13.4. The van der Waals surface area contributed by atoms with Gasteiger partial charge in [-0.3, -0.25) is 14.5 Å². The minimum atomic E-state index is -1.02. The summed E-state index contributed by atoms with van der Waals surface area (Å²) in [6.07, 6.45) is 0. The molecule has 3 aromatic carbocycles. The summed E-state index contributed by atoms with van der Waals surface area (Å²) in [6, 6.07) is 16.4. The van der Waals surface area contributed by atoms with Gasteiger partial charge in [-0.25, -0.2) is 0 Å². The molecule has 3 N–H and O–H groups in total. The quantitative estimate of drug-likeness (QED) is 0.252. The van der Waals surface area contributed by atoms with Gasteiger partial charge in [0.2, 0.25) is 0 Å². The first-order valence-corrected chi connectivity index (χ1v) is 11.7. The number of phenolic OH excluding ortho intramolecular Hbond substituents is 2. The second-order valence-corrected chi connectivity index (χ2v) is 9.64. The van der Waals surface area contributed by atoms with Gasteiger partial charge in [0.05, 0.1) is 23.9 Å². The summed E-state index contributed by atoms with van der Waals surface area (Å²) in [4.78, 5) is 27.8. The van der Waals surface area contributed by atoms with E-state index in [1.165, 1.54) is 29.2 Å². The number of nitrogens with zero attached hydrogens (tertiary/aromatic N) is 1. The average Bonchev–Trinajstić information content (AvgIpc) is 3.09. The zero-order chi connectivity index (χ0) is 26.2. The highest BCUT2D eigenvalue weighted by molar-refractivity contribution is 6.51. The molecule has 36 heavy (non-hydrogen) atoms. The smallest absolute Gasteiger partial charge is 0.300 e. The molecule has 1 amide bonds. The molecule has 0 aliphatic carbocycles. The highest BCUT2D eigenvalue weighted by Gasteiger charge is 2.47. The van der Waals surface area contributed by atoms with E-state index in [0.717, 1.165) is 5.56 Å². The van der Waals surface area contributed by atoms with Gasteiger partial charge in [0.25, 0.3) is 11.7 Å². The number of aliphatic hydroxyl groups excluding tert-OH is 1. The number of benzene rings is 3. The molecule has 1 unspecified atom stereocenters. The zero-order valence-corrected chi connectivity index (χ0v) is 20.6. The Morgan fingerprint density at radius 2 is 1.64 bits per heavy atom. The van der Waals surface area contributed by atoms with Gasteiger partial charge in [-0.15, -0.1) is 0 Å². The third-order valence-corrected chi connectivity index (χ3v) is 6.16. The molecular weight excluding hydrogens is 458 g/mol. The molecule has 0 aromatic heterocycles. The Bertz CT molecular complexity index is 1350. The van der Waals surface area contributed by atoms with Crippen LogP contribution in [0.3, 0.4) is 0 Å². The van der Waals surface area contributed by atoms with Crippen molar-refractivity contribution in [2.24, 2.45) is 0 Å². The van der Waals surface area contributed by atoms with Gasteiger partial charge in [0, 0.05) is 11.1 Å². The summed E-state index contributed by atoms with van der Waals surface area (Å²) in [5, 5.41) is 31.8. The maximum atomic E-state index is 13.4. The average molecular weight is 488 g/mol. The lowest BCUT2D eigenvalue weighted by atomic mass is 9.84. The molecule has 1 heterocycles. The van der Waals surface area contributed by atoms with E-state index in [-0.39, 0.29) is 33.9 Å². The van der Waals surface area contributed by atoms with E-state index in [2.05, 4.69) is 0 Å². The molecule has 0 spiro atoms. The number of para-hydroxylation sites is 2. The number of anilines is 1. The molecule has 186 valence electrons. The molecule has 1 aliphatic heterocycles. The van der Waals surface area contributed by atoms with Gasteiger partial charge in [-0.2, -0.15) is 0 Å². The van der Waals surface area contributed by atoms with Crippen LogP contribution in [0.25, 0.3) is 5.76 Å². The van der Waals surface area contributed by atoms with Crippen molar-refractivity contribution in [1.29, 1.82) is 0 Å². The number of ketones is 1. The van der Waals surface area contributed by atoms with E-state index in [4.69, 9.17) is 4.74 Å². The van der Waals surface area contributed by atoms with E-state index < -0.39 is 17.7 Å². The van der Waals surface area contributed by atoms with Gasteiger partial charge in [-0.1, -0.05) is 45.0 Å². The van der Waals surface area contributed by atoms with E-state index >= 15 is 0 Å². The largest absolute Gasteiger partial charge is 0.508 e. The Labute approximate surface area is 209 Å². The Morgan fingerprint density at radius 3 is 2.25 bits per heavy atom. The molecule has 3 aromatic rings. The van der Waals surface area contributed by atoms with Crippen molar-refractivity contribution in [3.63, 3.8) is 0 Å². The topological polar surface area (TPSA) is 107 Å². The molecule has 0 saturated carbocycles. The number of aliphatic hydroxyl groups is 1. The van der Waals surface area contributed by atoms with Crippen molar-refractivity contribution in [2.45, 2.75) is 39.2 Å². The van der Waals surface area contributed by atoms with Gasteiger partial charge in [0.1, 0.15) is 23.0 Å². The lowest BCUT2D eigenvalue weighted by Crippen LogP contribution is -2.29. The van der Waals surface area contributed by atoms with Crippen LogP contribution < -0.4 is 9.64 Å². The SMILES string of the molecule is CCOc1ccc(/C(O)=C2/C(=O)C(=O)N(c3ccccc3O)C2c2ccc(O)cc2)cc1C(C)(C)C. The van der Waals surface area contributed by atoms with Crippen molar-refractivity contribution in [1.82, 2.24) is 0 Å². The monoisotopic (exact) mass is 487 g/mol. The predicted molar refractivity (Wildman–Crippen MR) is 137 cm³/mol. The van der Waals surface area contributed by atoms with Crippen molar-refractivity contribution < 1.29 is 29.6 Å². The number of ether oxygens (including phenoxy) is 1. The molecule has 0 radical (unpaired) electrons.